The molecule has 1 aliphatic heterocycles. The maximum absolute atomic E-state index is 12.5. The Kier molecular flexibility index (Phi) is 7.90. The highest BCUT2D eigenvalue weighted by atomic mass is 35.5. The monoisotopic (exact) mass is 437 g/mol. The quantitative estimate of drug-likeness (QED) is 0.548. The Morgan fingerprint density at radius 1 is 0.931 bits per heavy atom. The topological polar surface area (TPSA) is 59.0 Å². The summed E-state index contributed by atoms with van der Waals surface area (Å²) in [5.41, 5.74) is 0.704. The van der Waals surface area contributed by atoms with Gasteiger partial charge in [0.15, 0.2) is 5.75 Å². The molecule has 1 fully saturated rings. The first-order valence-corrected chi connectivity index (χ1v) is 10.6. The van der Waals surface area contributed by atoms with Crippen molar-refractivity contribution in [2.45, 2.75) is 32.1 Å². The van der Waals surface area contributed by atoms with Gasteiger partial charge in [-0.15, -0.1) is 0 Å². The van der Waals surface area contributed by atoms with Crippen molar-refractivity contribution >= 4 is 29.1 Å². The number of ether oxygens (including phenoxy) is 2. The van der Waals surface area contributed by atoms with Crippen molar-refractivity contribution in [3.05, 3.63) is 52.0 Å². The number of halogens is 2. The predicted molar refractivity (Wildman–Crippen MR) is 115 cm³/mol. The van der Waals surface area contributed by atoms with Crippen LogP contribution >= 0.6 is 23.2 Å². The zero-order chi connectivity index (χ0) is 20.6. The van der Waals surface area contributed by atoms with Crippen molar-refractivity contribution in [2.75, 3.05) is 26.3 Å². The Bertz CT molecular complexity index is 797. The normalized spacial score (nSPS) is 13.9. The Morgan fingerprint density at radius 2 is 1.52 bits per heavy atom. The maximum atomic E-state index is 12.5. The first-order valence-electron chi connectivity index (χ1n) is 9.87. The van der Waals surface area contributed by atoms with E-state index in [4.69, 9.17) is 32.7 Å². The fourth-order valence-electron chi connectivity index (χ4n) is 3.23. The Hall–Kier alpha value is -2.11. The van der Waals surface area contributed by atoms with Crippen molar-refractivity contribution < 1.29 is 19.4 Å². The van der Waals surface area contributed by atoms with Gasteiger partial charge in [0.05, 0.1) is 23.3 Å². The average molecular weight is 438 g/mol. The van der Waals surface area contributed by atoms with Crippen molar-refractivity contribution in [1.82, 2.24) is 4.90 Å². The number of carbonyl (C=O) groups excluding carboxylic acids is 1. The van der Waals surface area contributed by atoms with Crippen molar-refractivity contribution in [1.29, 1.82) is 0 Å². The molecule has 0 atom stereocenters. The van der Waals surface area contributed by atoms with E-state index < -0.39 is 0 Å². The average Bonchev–Trinajstić information content (AvgIpc) is 2.72. The second-order valence-electron chi connectivity index (χ2n) is 7.02. The summed E-state index contributed by atoms with van der Waals surface area (Å²) in [6.45, 7) is 2.68. The van der Waals surface area contributed by atoms with Crippen LogP contribution in [-0.4, -0.2) is 42.2 Å². The molecule has 1 N–H and O–H groups in total. The molecule has 0 spiro atoms. The van der Waals surface area contributed by atoms with E-state index in [1.54, 1.807) is 0 Å². The van der Waals surface area contributed by atoms with Crippen LogP contribution in [0.4, 0.5) is 0 Å². The number of hydrogen-bond acceptors (Lipinski definition) is 4. The number of benzene rings is 2. The van der Waals surface area contributed by atoms with Gasteiger partial charge in [0.25, 0.3) is 5.91 Å². The number of unbranched alkanes of at least 4 members (excludes halogenated alkanes) is 1. The molecule has 2 aromatic carbocycles. The Labute approximate surface area is 181 Å². The van der Waals surface area contributed by atoms with Gasteiger partial charge in [0.2, 0.25) is 0 Å². The third-order valence-electron chi connectivity index (χ3n) is 4.78. The van der Waals surface area contributed by atoms with Gasteiger partial charge in [0, 0.05) is 30.8 Å². The zero-order valence-electron chi connectivity index (χ0n) is 16.2. The number of nitrogens with zero attached hydrogens (tertiary/aromatic N) is 1. The molecule has 29 heavy (non-hydrogen) atoms. The van der Waals surface area contributed by atoms with Gasteiger partial charge in [-0.3, -0.25) is 4.79 Å². The molecule has 0 aromatic heterocycles. The lowest BCUT2D eigenvalue weighted by atomic mass is 10.1. The van der Waals surface area contributed by atoms with E-state index in [1.807, 2.05) is 29.2 Å². The van der Waals surface area contributed by atoms with E-state index in [9.17, 15) is 9.90 Å². The molecule has 1 saturated heterocycles. The molecule has 7 heteroatoms. The molecule has 2 aromatic rings. The minimum Gasteiger partial charge on any atom is -0.508 e. The van der Waals surface area contributed by atoms with Crippen LogP contribution in [0.2, 0.25) is 10.0 Å². The fourth-order valence-corrected chi connectivity index (χ4v) is 3.81. The van der Waals surface area contributed by atoms with Gasteiger partial charge >= 0.3 is 0 Å². The molecule has 1 amide bonds. The summed E-state index contributed by atoms with van der Waals surface area (Å²) in [5, 5.41) is 9.99. The second kappa shape index (κ2) is 10.6. The van der Waals surface area contributed by atoms with E-state index >= 15 is 0 Å². The number of amides is 1. The maximum Gasteiger partial charge on any atom is 0.253 e. The van der Waals surface area contributed by atoms with Crippen LogP contribution in [0.25, 0.3) is 0 Å². The van der Waals surface area contributed by atoms with Gasteiger partial charge in [-0.1, -0.05) is 23.2 Å². The summed E-state index contributed by atoms with van der Waals surface area (Å²) in [6.07, 6.45) is 4.93. The van der Waals surface area contributed by atoms with Crippen LogP contribution in [0.3, 0.4) is 0 Å². The Balaban J connectivity index is 1.37. The molecule has 5 nitrogen and oxygen atoms in total. The van der Waals surface area contributed by atoms with Gasteiger partial charge < -0.3 is 19.5 Å². The van der Waals surface area contributed by atoms with Gasteiger partial charge in [0.1, 0.15) is 11.5 Å². The molecule has 1 heterocycles. The van der Waals surface area contributed by atoms with E-state index in [2.05, 4.69) is 0 Å². The number of phenols is 1. The first kappa shape index (κ1) is 21.6. The third-order valence-corrected chi connectivity index (χ3v) is 5.34. The van der Waals surface area contributed by atoms with E-state index in [0.29, 0.717) is 24.5 Å². The minimum absolute atomic E-state index is 0.00407. The highest BCUT2D eigenvalue weighted by molar-refractivity contribution is 6.37. The first-order chi connectivity index (χ1) is 14.0. The van der Waals surface area contributed by atoms with Crippen LogP contribution in [-0.2, 0) is 0 Å². The van der Waals surface area contributed by atoms with Crippen LogP contribution in [0, 0.1) is 0 Å². The summed E-state index contributed by atoms with van der Waals surface area (Å²) in [6, 6.07) is 10.1. The number of phenolic OH excluding ortho intramolecular Hbond substituents is 1. The molecular weight excluding hydrogens is 413 g/mol. The fraction of sp³-hybridized carbons (Fsp3) is 0.409. The highest BCUT2D eigenvalue weighted by Crippen LogP contribution is 2.36. The SMILES string of the molecule is O=C(c1ccc(OCCCCOc2c(Cl)cc(O)cc2Cl)cc1)N1CCCCC1. The molecule has 0 unspecified atom stereocenters. The van der Waals surface area contributed by atoms with Crippen molar-refractivity contribution in [2.24, 2.45) is 0 Å². The third kappa shape index (κ3) is 6.18. The number of aromatic hydroxyl groups is 1. The van der Waals surface area contributed by atoms with E-state index in [0.717, 1.165) is 44.5 Å². The van der Waals surface area contributed by atoms with Gasteiger partial charge in [-0.25, -0.2) is 0 Å². The predicted octanol–water partition coefficient (Wildman–Crippen LogP) is 5.56. The molecule has 0 bridgehead atoms. The standard InChI is InChI=1S/C22H25Cl2NO4/c23-19-14-17(26)15-20(24)21(19)29-13-5-4-12-28-18-8-6-16(7-9-18)22(27)25-10-2-1-3-11-25/h6-9,14-15,26H,1-5,10-13H2. The molecule has 0 saturated carbocycles. The summed E-state index contributed by atoms with van der Waals surface area (Å²) in [5.74, 6) is 1.22. The lowest BCUT2D eigenvalue weighted by Gasteiger charge is -2.26. The summed E-state index contributed by atoms with van der Waals surface area (Å²) < 4.78 is 11.3. The van der Waals surface area contributed by atoms with Gasteiger partial charge in [-0.05, 0) is 56.4 Å². The molecule has 3 rings (SSSR count). The number of piperidine rings is 1. The zero-order valence-corrected chi connectivity index (χ0v) is 17.7. The number of rotatable bonds is 8. The van der Waals surface area contributed by atoms with Gasteiger partial charge in [-0.2, -0.15) is 0 Å². The molecular formula is C22H25Cl2NO4. The van der Waals surface area contributed by atoms with Crippen LogP contribution in [0.1, 0.15) is 42.5 Å². The van der Waals surface area contributed by atoms with E-state index in [-0.39, 0.29) is 21.7 Å². The van der Waals surface area contributed by atoms with Crippen molar-refractivity contribution in [3.63, 3.8) is 0 Å². The second-order valence-corrected chi connectivity index (χ2v) is 7.83. The molecule has 156 valence electrons. The number of carbonyl (C=O) groups is 1. The summed E-state index contributed by atoms with van der Waals surface area (Å²) >= 11 is 12.0. The number of hydrogen-bond donors (Lipinski definition) is 1. The molecule has 1 aliphatic rings. The summed E-state index contributed by atoms with van der Waals surface area (Å²) in [7, 11) is 0. The number of likely N-dealkylation sites (tertiary alicyclic amines) is 1. The summed E-state index contributed by atoms with van der Waals surface area (Å²) in [4.78, 5) is 14.4. The van der Waals surface area contributed by atoms with Crippen LogP contribution in [0.5, 0.6) is 17.2 Å². The smallest absolute Gasteiger partial charge is 0.253 e. The highest BCUT2D eigenvalue weighted by Gasteiger charge is 2.17. The molecule has 0 radical (unpaired) electrons. The lowest BCUT2D eigenvalue weighted by Crippen LogP contribution is -2.35. The van der Waals surface area contributed by atoms with Crippen LogP contribution in [0.15, 0.2) is 36.4 Å². The Morgan fingerprint density at radius 3 is 2.14 bits per heavy atom. The van der Waals surface area contributed by atoms with Crippen molar-refractivity contribution in [3.8, 4) is 17.2 Å². The van der Waals surface area contributed by atoms with Crippen LogP contribution < -0.4 is 9.47 Å². The van der Waals surface area contributed by atoms with E-state index in [1.165, 1.54) is 18.6 Å². The largest absolute Gasteiger partial charge is 0.508 e. The molecule has 0 aliphatic carbocycles. The minimum atomic E-state index is 0.00407. The lowest BCUT2D eigenvalue weighted by molar-refractivity contribution is 0.0724.